The number of hydrogen-bond donors (Lipinski definition) is 2. The molecular weight excluding hydrogens is 430 g/mol. The molecule has 0 bridgehead atoms. The lowest BCUT2D eigenvalue weighted by Crippen LogP contribution is -2.55. The fourth-order valence-electron chi connectivity index (χ4n) is 5.93. The van der Waals surface area contributed by atoms with Gasteiger partial charge in [0, 0.05) is 45.0 Å². The van der Waals surface area contributed by atoms with Gasteiger partial charge < -0.3 is 15.5 Å². The standard InChI is InChI=1S/C26H39N5O3/c1-19-15-27-11-6-21(19)17-30-13-9-26(10-14-30)8-4-3-5-22-18-31(20(2)32)12-7-23(22)29-24(33)16-28-25(26)34/h6,11,15,22-23H,3-5,7-10,12-14,16-18H2,1-2H3,(H,28,34)(H,29,33)/t22-,23+/m0/s1. The van der Waals surface area contributed by atoms with E-state index in [1.54, 1.807) is 6.92 Å². The van der Waals surface area contributed by atoms with Crippen molar-refractivity contribution in [3.8, 4) is 0 Å². The molecule has 0 radical (unpaired) electrons. The number of aryl methyl sites for hydroxylation is 1. The first-order valence-corrected chi connectivity index (χ1v) is 12.8. The van der Waals surface area contributed by atoms with Gasteiger partial charge in [-0.05, 0) is 75.2 Å². The van der Waals surface area contributed by atoms with Crippen molar-refractivity contribution in [2.75, 3.05) is 32.7 Å². The minimum absolute atomic E-state index is 0.0279. The third kappa shape index (κ3) is 5.77. The summed E-state index contributed by atoms with van der Waals surface area (Å²) in [6.07, 6.45) is 9.98. The first-order chi connectivity index (χ1) is 16.4. The van der Waals surface area contributed by atoms with E-state index < -0.39 is 5.41 Å². The van der Waals surface area contributed by atoms with Gasteiger partial charge in [0.25, 0.3) is 0 Å². The summed E-state index contributed by atoms with van der Waals surface area (Å²) < 4.78 is 0. The van der Waals surface area contributed by atoms with Crippen LogP contribution in [0.2, 0.25) is 0 Å². The third-order valence-electron chi connectivity index (χ3n) is 8.24. The average Bonchev–Trinajstić information content (AvgIpc) is 2.83. The van der Waals surface area contributed by atoms with Gasteiger partial charge in [0.15, 0.2) is 0 Å². The van der Waals surface area contributed by atoms with Crippen molar-refractivity contribution < 1.29 is 14.4 Å². The number of rotatable bonds is 2. The van der Waals surface area contributed by atoms with Crippen molar-refractivity contribution in [3.05, 3.63) is 29.6 Å². The van der Waals surface area contributed by atoms with Crippen molar-refractivity contribution in [1.29, 1.82) is 0 Å². The molecule has 1 aromatic heterocycles. The molecule has 2 atom stereocenters. The molecule has 4 rings (SSSR count). The van der Waals surface area contributed by atoms with Crippen LogP contribution >= 0.6 is 0 Å². The van der Waals surface area contributed by atoms with E-state index in [-0.39, 0.29) is 36.2 Å². The van der Waals surface area contributed by atoms with Crippen LogP contribution in [0.4, 0.5) is 0 Å². The van der Waals surface area contributed by atoms with E-state index in [2.05, 4.69) is 33.5 Å². The summed E-state index contributed by atoms with van der Waals surface area (Å²) in [5.41, 5.74) is 2.08. The number of nitrogens with zero attached hydrogens (tertiary/aromatic N) is 3. The number of carbonyl (C=O) groups is 3. The second-order valence-electron chi connectivity index (χ2n) is 10.5. The van der Waals surface area contributed by atoms with Gasteiger partial charge in [-0.15, -0.1) is 0 Å². The van der Waals surface area contributed by atoms with Gasteiger partial charge in [-0.25, -0.2) is 0 Å². The van der Waals surface area contributed by atoms with E-state index in [1.807, 2.05) is 17.3 Å². The summed E-state index contributed by atoms with van der Waals surface area (Å²) in [6.45, 7) is 7.76. The minimum Gasteiger partial charge on any atom is -0.351 e. The Kier molecular flexibility index (Phi) is 7.86. The number of amides is 3. The molecule has 186 valence electrons. The Hall–Kier alpha value is -2.48. The van der Waals surface area contributed by atoms with E-state index >= 15 is 0 Å². The number of nitrogens with one attached hydrogen (secondary N) is 2. The monoisotopic (exact) mass is 469 g/mol. The summed E-state index contributed by atoms with van der Waals surface area (Å²) in [5.74, 6) is 0.292. The zero-order valence-electron chi connectivity index (χ0n) is 20.6. The molecule has 1 spiro atoms. The Morgan fingerprint density at radius 1 is 1.15 bits per heavy atom. The predicted octanol–water partition coefficient (Wildman–Crippen LogP) is 2.02. The highest BCUT2D eigenvalue weighted by atomic mass is 16.2. The number of carbonyl (C=O) groups excluding carboxylic acids is 3. The molecule has 0 saturated carbocycles. The smallest absolute Gasteiger partial charge is 0.239 e. The number of aromatic nitrogens is 1. The summed E-state index contributed by atoms with van der Waals surface area (Å²) >= 11 is 0. The SMILES string of the molecule is CC(=O)N1CC[C@H]2NC(=O)CNC(=O)C3(CCCC[C@H]2C1)CCN(Cc1ccncc1C)CC3. The normalized spacial score (nSPS) is 26.6. The van der Waals surface area contributed by atoms with Gasteiger partial charge in [0.1, 0.15) is 0 Å². The molecule has 34 heavy (non-hydrogen) atoms. The first-order valence-electron chi connectivity index (χ1n) is 12.8. The van der Waals surface area contributed by atoms with Crippen LogP contribution in [-0.4, -0.2) is 71.3 Å². The largest absolute Gasteiger partial charge is 0.351 e. The molecule has 8 heteroatoms. The molecule has 0 unspecified atom stereocenters. The highest BCUT2D eigenvalue weighted by molar-refractivity contribution is 5.88. The molecule has 3 fully saturated rings. The number of fused-ring (bicyclic) bond motifs is 1. The van der Waals surface area contributed by atoms with Gasteiger partial charge in [-0.2, -0.15) is 0 Å². The fourth-order valence-corrected chi connectivity index (χ4v) is 5.93. The maximum absolute atomic E-state index is 13.3. The summed E-state index contributed by atoms with van der Waals surface area (Å²) in [6, 6.07) is 2.15. The van der Waals surface area contributed by atoms with Gasteiger partial charge in [0.2, 0.25) is 17.7 Å². The Morgan fingerprint density at radius 2 is 1.94 bits per heavy atom. The van der Waals surface area contributed by atoms with Crippen LogP contribution in [0, 0.1) is 18.3 Å². The number of pyridine rings is 1. The van der Waals surface area contributed by atoms with Gasteiger partial charge in [0.05, 0.1) is 12.0 Å². The lowest BCUT2D eigenvalue weighted by molar-refractivity contribution is -0.137. The maximum Gasteiger partial charge on any atom is 0.239 e. The third-order valence-corrected chi connectivity index (χ3v) is 8.24. The number of piperidine rings is 2. The van der Waals surface area contributed by atoms with Gasteiger partial charge >= 0.3 is 0 Å². The van der Waals surface area contributed by atoms with Crippen molar-refractivity contribution in [2.24, 2.45) is 11.3 Å². The van der Waals surface area contributed by atoms with Crippen molar-refractivity contribution in [2.45, 2.75) is 71.4 Å². The zero-order valence-corrected chi connectivity index (χ0v) is 20.6. The molecule has 4 heterocycles. The average molecular weight is 470 g/mol. The molecule has 0 aliphatic carbocycles. The summed E-state index contributed by atoms with van der Waals surface area (Å²) in [4.78, 5) is 46.4. The quantitative estimate of drug-likeness (QED) is 0.691. The summed E-state index contributed by atoms with van der Waals surface area (Å²) in [5, 5.41) is 6.11. The highest BCUT2D eigenvalue weighted by Gasteiger charge is 2.41. The molecule has 1 aromatic rings. The zero-order chi connectivity index (χ0) is 24.1. The van der Waals surface area contributed by atoms with Gasteiger partial charge in [-0.3, -0.25) is 24.3 Å². The Balaban J connectivity index is 1.39. The lowest BCUT2D eigenvalue weighted by Gasteiger charge is -2.42. The van der Waals surface area contributed by atoms with Crippen LogP contribution in [0.25, 0.3) is 0 Å². The van der Waals surface area contributed by atoms with E-state index in [0.717, 1.165) is 64.6 Å². The van der Waals surface area contributed by atoms with Crippen LogP contribution in [-0.2, 0) is 20.9 Å². The second-order valence-corrected chi connectivity index (χ2v) is 10.5. The van der Waals surface area contributed by atoms with E-state index in [9.17, 15) is 14.4 Å². The fraction of sp³-hybridized carbons (Fsp3) is 0.692. The highest BCUT2D eigenvalue weighted by Crippen LogP contribution is 2.38. The topological polar surface area (TPSA) is 94.6 Å². The molecule has 3 saturated heterocycles. The van der Waals surface area contributed by atoms with Crippen LogP contribution in [0.15, 0.2) is 18.5 Å². The molecule has 8 nitrogen and oxygen atoms in total. The number of hydrogen-bond acceptors (Lipinski definition) is 5. The van der Waals surface area contributed by atoms with Crippen LogP contribution in [0.3, 0.4) is 0 Å². The lowest BCUT2D eigenvalue weighted by atomic mass is 9.73. The van der Waals surface area contributed by atoms with E-state index in [0.29, 0.717) is 13.1 Å². The van der Waals surface area contributed by atoms with Crippen molar-refractivity contribution >= 4 is 17.7 Å². The molecule has 3 aliphatic heterocycles. The Bertz CT molecular complexity index is 896. The molecule has 3 aliphatic rings. The van der Waals surface area contributed by atoms with Gasteiger partial charge in [-0.1, -0.05) is 12.8 Å². The van der Waals surface area contributed by atoms with Crippen molar-refractivity contribution in [1.82, 2.24) is 25.4 Å². The predicted molar refractivity (Wildman–Crippen MR) is 130 cm³/mol. The molecule has 0 aromatic carbocycles. The summed E-state index contributed by atoms with van der Waals surface area (Å²) in [7, 11) is 0. The molecule has 3 amide bonds. The van der Waals surface area contributed by atoms with Crippen LogP contribution < -0.4 is 10.6 Å². The first kappa shape index (κ1) is 24.6. The van der Waals surface area contributed by atoms with E-state index in [4.69, 9.17) is 0 Å². The molecular formula is C26H39N5O3. The Morgan fingerprint density at radius 3 is 2.68 bits per heavy atom. The van der Waals surface area contributed by atoms with Crippen LogP contribution in [0.5, 0.6) is 0 Å². The van der Waals surface area contributed by atoms with E-state index in [1.165, 1.54) is 11.1 Å². The maximum atomic E-state index is 13.3. The minimum atomic E-state index is -0.402. The Labute approximate surface area is 202 Å². The number of likely N-dealkylation sites (tertiary alicyclic amines) is 2. The molecule has 2 N–H and O–H groups in total. The second kappa shape index (κ2) is 10.8. The van der Waals surface area contributed by atoms with Crippen molar-refractivity contribution in [3.63, 3.8) is 0 Å². The van der Waals surface area contributed by atoms with Crippen LogP contribution in [0.1, 0.15) is 63.0 Å².